The Morgan fingerprint density at radius 3 is 2.94 bits per heavy atom. The van der Waals surface area contributed by atoms with Gasteiger partial charge in [0.25, 0.3) is 0 Å². The Morgan fingerprint density at radius 1 is 1.56 bits per heavy atom. The second kappa shape index (κ2) is 6.00. The molecule has 1 aromatic rings. The van der Waals surface area contributed by atoms with E-state index in [0.29, 0.717) is 12.5 Å². The van der Waals surface area contributed by atoms with Crippen LogP contribution in [0.4, 0.5) is 0 Å². The zero-order valence-corrected chi connectivity index (χ0v) is 11.2. The van der Waals surface area contributed by atoms with Gasteiger partial charge >= 0.3 is 0 Å². The van der Waals surface area contributed by atoms with Gasteiger partial charge in [0.15, 0.2) is 0 Å². The molecule has 0 unspecified atom stereocenters. The van der Waals surface area contributed by atoms with Crippen molar-refractivity contribution in [1.82, 2.24) is 20.4 Å². The average Bonchev–Trinajstić information content (AvgIpc) is 3.04. The zero-order valence-electron chi connectivity index (χ0n) is 11.2. The number of nitrogens with one attached hydrogen (secondary N) is 2. The molecule has 100 valence electrons. The molecule has 1 aromatic heterocycles. The minimum absolute atomic E-state index is 0.192. The SMILES string of the molecule is Cc1nn(C)cc1CNCCCC(=O)NC1CC1. The van der Waals surface area contributed by atoms with Gasteiger partial charge in [0, 0.05) is 37.8 Å². The van der Waals surface area contributed by atoms with Gasteiger partial charge in [0.1, 0.15) is 0 Å². The summed E-state index contributed by atoms with van der Waals surface area (Å²) in [5.74, 6) is 0.192. The van der Waals surface area contributed by atoms with Crippen LogP contribution in [0.15, 0.2) is 6.20 Å². The Labute approximate surface area is 108 Å². The number of amides is 1. The number of hydrogen-bond donors (Lipinski definition) is 2. The summed E-state index contributed by atoms with van der Waals surface area (Å²) in [6.07, 6.45) is 5.85. The highest BCUT2D eigenvalue weighted by Gasteiger charge is 2.22. The Kier molecular flexibility index (Phi) is 4.36. The highest BCUT2D eigenvalue weighted by molar-refractivity contribution is 5.76. The molecule has 1 amide bonds. The molecule has 1 heterocycles. The normalized spacial score (nSPS) is 14.8. The number of aromatic nitrogens is 2. The second-order valence-corrected chi connectivity index (χ2v) is 5.04. The van der Waals surface area contributed by atoms with Gasteiger partial charge < -0.3 is 10.6 Å². The monoisotopic (exact) mass is 250 g/mol. The highest BCUT2D eigenvalue weighted by Crippen LogP contribution is 2.18. The predicted molar refractivity (Wildman–Crippen MR) is 70.1 cm³/mol. The lowest BCUT2D eigenvalue weighted by atomic mass is 10.2. The van der Waals surface area contributed by atoms with Gasteiger partial charge in [-0.25, -0.2) is 0 Å². The quantitative estimate of drug-likeness (QED) is 0.706. The maximum Gasteiger partial charge on any atom is 0.220 e. The number of rotatable bonds is 7. The molecule has 2 N–H and O–H groups in total. The molecule has 0 saturated heterocycles. The predicted octanol–water partition coefficient (Wildman–Crippen LogP) is 0.877. The van der Waals surface area contributed by atoms with Crippen molar-refractivity contribution in [3.8, 4) is 0 Å². The summed E-state index contributed by atoms with van der Waals surface area (Å²) in [6.45, 7) is 3.70. The highest BCUT2D eigenvalue weighted by atomic mass is 16.1. The van der Waals surface area contributed by atoms with E-state index in [0.717, 1.165) is 38.0 Å². The van der Waals surface area contributed by atoms with Crippen molar-refractivity contribution in [2.75, 3.05) is 6.54 Å². The maximum atomic E-state index is 11.4. The summed E-state index contributed by atoms with van der Waals surface area (Å²) in [4.78, 5) is 11.4. The van der Waals surface area contributed by atoms with Crippen molar-refractivity contribution < 1.29 is 4.79 Å². The van der Waals surface area contributed by atoms with E-state index in [2.05, 4.69) is 15.7 Å². The molecule has 18 heavy (non-hydrogen) atoms. The lowest BCUT2D eigenvalue weighted by Gasteiger charge is -2.04. The minimum atomic E-state index is 0.192. The third-order valence-electron chi connectivity index (χ3n) is 3.13. The summed E-state index contributed by atoms with van der Waals surface area (Å²) in [5, 5.41) is 10.6. The molecule has 5 nitrogen and oxygen atoms in total. The van der Waals surface area contributed by atoms with Crippen LogP contribution in [0.25, 0.3) is 0 Å². The van der Waals surface area contributed by atoms with Crippen molar-refractivity contribution in [1.29, 1.82) is 0 Å². The van der Waals surface area contributed by atoms with E-state index < -0.39 is 0 Å². The molecule has 1 aliphatic rings. The van der Waals surface area contributed by atoms with Gasteiger partial charge in [-0.15, -0.1) is 0 Å². The van der Waals surface area contributed by atoms with Gasteiger partial charge in [0.2, 0.25) is 5.91 Å². The molecule has 0 spiro atoms. The van der Waals surface area contributed by atoms with Crippen LogP contribution < -0.4 is 10.6 Å². The largest absolute Gasteiger partial charge is 0.353 e. The standard InChI is InChI=1S/C13H22N4O/c1-10-11(9-17(2)16-10)8-14-7-3-4-13(18)15-12-5-6-12/h9,12,14H,3-8H2,1-2H3,(H,15,18). The molecular formula is C13H22N4O. The van der Waals surface area contributed by atoms with Gasteiger partial charge in [0.05, 0.1) is 5.69 Å². The van der Waals surface area contributed by atoms with Crippen molar-refractivity contribution in [3.63, 3.8) is 0 Å². The van der Waals surface area contributed by atoms with Crippen molar-refractivity contribution in [2.45, 2.75) is 45.2 Å². The van der Waals surface area contributed by atoms with Gasteiger partial charge in [-0.1, -0.05) is 0 Å². The van der Waals surface area contributed by atoms with Crippen LogP contribution in [0.3, 0.4) is 0 Å². The Balaban J connectivity index is 1.55. The van der Waals surface area contributed by atoms with Crippen LogP contribution in [0, 0.1) is 6.92 Å². The van der Waals surface area contributed by atoms with E-state index in [1.807, 2.05) is 24.9 Å². The van der Waals surface area contributed by atoms with Crippen molar-refractivity contribution in [3.05, 3.63) is 17.5 Å². The van der Waals surface area contributed by atoms with Crippen LogP contribution in [0.5, 0.6) is 0 Å². The maximum absolute atomic E-state index is 11.4. The first kappa shape index (κ1) is 13.1. The molecule has 1 aliphatic carbocycles. The molecular weight excluding hydrogens is 228 g/mol. The number of carbonyl (C=O) groups is 1. The van der Waals surface area contributed by atoms with Crippen LogP contribution in [0.1, 0.15) is 36.9 Å². The van der Waals surface area contributed by atoms with Crippen LogP contribution >= 0.6 is 0 Å². The number of aryl methyl sites for hydroxylation is 2. The first-order chi connectivity index (χ1) is 8.65. The van der Waals surface area contributed by atoms with E-state index in [4.69, 9.17) is 0 Å². The third-order valence-corrected chi connectivity index (χ3v) is 3.13. The third kappa shape index (κ3) is 4.14. The molecule has 0 aromatic carbocycles. The van der Waals surface area contributed by atoms with E-state index in [1.165, 1.54) is 5.56 Å². The fourth-order valence-corrected chi connectivity index (χ4v) is 1.95. The summed E-state index contributed by atoms with van der Waals surface area (Å²) in [5.41, 5.74) is 2.29. The summed E-state index contributed by atoms with van der Waals surface area (Å²) < 4.78 is 1.83. The van der Waals surface area contributed by atoms with Gasteiger partial charge in [-0.3, -0.25) is 9.48 Å². The zero-order chi connectivity index (χ0) is 13.0. The summed E-state index contributed by atoms with van der Waals surface area (Å²) in [7, 11) is 1.93. The van der Waals surface area contributed by atoms with E-state index in [1.54, 1.807) is 0 Å². The minimum Gasteiger partial charge on any atom is -0.353 e. The van der Waals surface area contributed by atoms with E-state index >= 15 is 0 Å². The van der Waals surface area contributed by atoms with Crippen LogP contribution in [-0.2, 0) is 18.4 Å². The topological polar surface area (TPSA) is 59.0 Å². The smallest absolute Gasteiger partial charge is 0.220 e. The Bertz CT molecular complexity index is 409. The lowest BCUT2D eigenvalue weighted by molar-refractivity contribution is -0.121. The van der Waals surface area contributed by atoms with Gasteiger partial charge in [-0.2, -0.15) is 5.10 Å². The van der Waals surface area contributed by atoms with Gasteiger partial charge in [-0.05, 0) is 32.7 Å². The molecule has 2 rings (SSSR count). The van der Waals surface area contributed by atoms with Crippen LogP contribution in [0.2, 0.25) is 0 Å². The molecule has 0 bridgehead atoms. The molecule has 0 radical (unpaired) electrons. The van der Waals surface area contributed by atoms with Crippen LogP contribution in [-0.4, -0.2) is 28.3 Å². The van der Waals surface area contributed by atoms with E-state index in [9.17, 15) is 4.79 Å². The molecule has 0 aliphatic heterocycles. The summed E-state index contributed by atoms with van der Waals surface area (Å²) in [6, 6.07) is 0.475. The number of nitrogens with zero attached hydrogens (tertiary/aromatic N) is 2. The average molecular weight is 250 g/mol. The van der Waals surface area contributed by atoms with Crippen molar-refractivity contribution >= 4 is 5.91 Å². The number of hydrogen-bond acceptors (Lipinski definition) is 3. The molecule has 1 saturated carbocycles. The van der Waals surface area contributed by atoms with Crippen molar-refractivity contribution in [2.24, 2.45) is 7.05 Å². The molecule has 1 fully saturated rings. The fourth-order valence-electron chi connectivity index (χ4n) is 1.95. The fraction of sp³-hybridized carbons (Fsp3) is 0.692. The second-order valence-electron chi connectivity index (χ2n) is 5.04. The first-order valence-electron chi connectivity index (χ1n) is 6.64. The Morgan fingerprint density at radius 2 is 2.33 bits per heavy atom. The molecule has 5 heteroatoms. The van der Waals surface area contributed by atoms with E-state index in [-0.39, 0.29) is 5.91 Å². The molecule has 0 atom stereocenters. The Hall–Kier alpha value is -1.36. The summed E-state index contributed by atoms with van der Waals surface area (Å²) >= 11 is 0. The first-order valence-corrected chi connectivity index (χ1v) is 6.64. The lowest BCUT2D eigenvalue weighted by Crippen LogP contribution is -2.26. The number of carbonyl (C=O) groups excluding carboxylic acids is 1.